The van der Waals surface area contributed by atoms with Crippen LogP contribution in [0.25, 0.3) is 0 Å². The summed E-state index contributed by atoms with van der Waals surface area (Å²) in [5, 5.41) is 0. The summed E-state index contributed by atoms with van der Waals surface area (Å²) in [6.45, 7) is 6.80. The molecule has 0 heterocycles. The molecule has 0 nitrogen and oxygen atoms in total. The van der Waals surface area contributed by atoms with Gasteiger partial charge >= 0.3 is 0 Å². The van der Waals surface area contributed by atoms with Crippen LogP contribution in [0, 0.1) is 17.8 Å². The van der Waals surface area contributed by atoms with Crippen LogP contribution in [0.15, 0.2) is 12.2 Å². The van der Waals surface area contributed by atoms with E-state index in [1.54, 1.807) is 0 Å². The molecule has 0 radical (unpaired) electrons. The van der Waals surface area contributed by atoms with Crippen molar-refractivity contribution in [3.8, 4) is 0 Å². The van der Waals surface area contributed by atoms with E-state index in [2.05, 4.69) is 32.9 Å². The first-order chi connectivity index (χ1) is 6.74. The van der Waals surface area contributed by atoms with E-state index in [1.807, 2.05) is 0 Å². The zero-order chi connectivity index (χ0) is 10.4. The van der Waals surface area contributed by atoms with Crippen molar-refractivity contribution in [2.24, 2.45) is 17.8 Å². The Morgan fingerprint density at radius 2 is 1.93 bits per heavy atom. The molecule has 1 aliphatic rings. The standard InChI is InChI=1S/C14H26/c1-4-8-13-11-14(13)10-7-5-6-9-12(2)3/h6,9,12-14H,4-5,7-8,10-11H2,1-3H3. The molecule has 0 spiro atoms. The van der Waals surface area contributed by atoms with E-state index in [9.17, 15) is 0 Å². The van der Waals surface area contributed by atoms with Crippen molar-refractivity contribution in [1.82, 2.24) is 0 Å². The topological polar surface area (TPSA) is 0 Å². The van der Waals surface area contributed by atoms with Gasteiger partial charge in [0.05, 0.1) is 0 Å². The van der Waals surface area contributed by atoms with Gasteiger partial charge in [-0.15, -0.1) is 0 Å². The fraction of sp³-hybridized carbons (Fsp3) is 0.857. The molecular formula is C14H26. The Labute approximate surface area is 89.8 Å². The molecule has 0 aromatic rings. The van der Waals surface area contributed by atoms with Crippen LogP contribution in [0.3, 0.4) is 0 Å². The number of unbranched alkanes of at least 4 members (excludes halogenated alkanes) is 1. The highest BCUT2D eigenvalue weighted by Gasteiger charge is 2.34. The fourth-order valence-electron chi connectivity index (χ4n) is 2.25. The summed E-state index contributed by atoms with van der Waals surface area (Å²) >= 11 is 0. The summed E-state index contributed by atoms with van der Waals surface area (Å²) in [5.41, 5.74) is 0. The predicted molar refractivity (Wildman–Crippen MR) is 64.3 cm³/mol. The van der Waals surface area contributed by atoms with Crippen molar-refractivity contribution in [2.45, 2.75) is 59.3 Å². The predicted octanol–water partition coefficient (Wildman–Crippen LogP) is 4.81. The monoisotopic (exact) mass is 194 g/mol. The minimum atomic E-state index is 0.726. The van der Waals surface area contributed by atoms with Crippen molar-refractivity contribution in [3.63, 3.8) is 0 Å². The van der Waals surface area contributed by atoms with Crippen LogP contribution in [-0.2, 0) is 0 Å². The molecule has 0 amide bonds. The first kappa shape index (κ1) is 11.8. The van der Waals surface area contributed by atoms with E-state index in [0.717, 1.165) is 17.8 Å². The van der Waals surface area contributed by atoms with Gasteiger partial charge in [0.2, 0.25) is 0 Å². The normalized spacial score (nSPS) is 26.3. The van der Waals surface area contributed by atoms with Crippen molar-refractivity contribution < 1.29 is 0 Å². The molecule has 0 bridgehead atoms. The largest absolute Gasteiger partial charge is 0.0883 e. The number of rotatable bonds is 7. The molecule has 14 heavy (non-hydrogen) atoms. The molecular weight excluding hydrogens is 168 g/mol. The van der Waals surface area contributed by atoms with Crippen LogP contribution in [0.5, 0.6) is 0 Å². The van der Waals surface area contributed by atoms with E-state index >= 15 is 0 Å². The fourth-order valence-corrected chi connectivity index (χ4v) is 2.25. The van der Waals surface area contributed by atoms with Gasteiger partial charge in [0, 0.05) is 0 Å². The van der Waals surface area contributed by atoms with Crippen molar-refractivity contribution in [1.29, 1.82) is 0 Å². The summed E-state index contributed by atoms with van der Waals surface area (Å²) in [5.74, 6) is 2.93. The summed E-state index contributed by atoms with van der Waals surface area (Å²) in [6.07, 6.45) is 13.3. The highest BCUT2D eigenvalue weighted by Crippen LogP contribution is 2.45. The summed E-state index contributed by atoms with van der Waals surface area (Å²) in [7, 11) is 0. The Morgan fingerprint density at radius 3 is 2.57 bits per heavy atom. The molecule has 0 saturated heterocycles. The average molecular weight is 194 g/mol. The summed E-state index contributed by atoms with van der Waals surface area (Å²) in [4.78, 5) is 0. The lowest BCUT2D eigenvalue weighted by molar-refractivity contribution is 0.581. The lowest BCUT2D eigenvalue weighted by Gasteiger charge is -1.97. The van der Waals surface area contributed by atoms with Gasteiger partial charge in [-0.1, -0.05) is 45.8 Å². The lowest BCUT2D eigenvalue weighted by Crippen LogP contribution is -1.83. The highest BCUT2D eigenvalue weighted by molar-refractivity contribution is 4.88. The van der Waals surface area contributed by atoms with E-state index in [-0.39, 0.29) is 0 Å². The van der Waals surface area contributed by atoms with Crippen molar-refractivity contribution in [2.75, 3.05) is 0 Å². The zero-order valence-electron chi connectivity index (χ0n) is 10.1. The van der Waals surface area contributed by atoms with Gasteiger partial charge in [-0.25, -0.2) is 0 Å². The third kappa shape index (κ3) is 4.83. The van der Waals surface area contributed by atoms with Gasteiger partial charge in [0.1, 0.15) is 0 Å². The smallest absolute Gasteiger partial charge is 0.0290 e. The second-order valence-corrected chi connectivity index (χ2v) is 5.15. The van der Waals surface area contributed by atoms with Crippen molar-refractivity contribution in [3.05, 3.63) is 12.2 Å². The van der Waals surface area contributed by atoms with Gasteiger partial charge in [0.25, 0.3) is 0 Å². The van der Waals surface area contributed by atoms with Crippen LogP contribution in [0.2, 0.25) is 0 Å². The zero-order valence-corrected chi connectivity index (χ0v) is 10.1. The second kappa shape index (κ2) is 6.27. The van der Waals surface area contributed by atoms with Crippen LogP contribution in [-0.4, -0.2) is 0 Å². The van der Waals surface area contributed by atoms with Crippen LogP contribution in [0.4, 0.5) is 0 Å². The molecule has 1 aliphatic carbocycles. The Morgan fingerprint density at radius 1 is 1.21 bits per heavy atom. The summed E-state index contributed by atoms with van der Waals surface area (Å²) < 4.78 is 0. The maximum absolute atomic E-state index is 2.36. The molecule has 1 fully saturated rings. The maximum Gasteiger partial charge on any atom is -0.0290 e. The van der Waals surface area contributed by atoms with E-state index in [4.69, 9.17) is 0 Å². The Bertz CT molecular complexity index is 167. The van der Waals surface area contributed by atoms with E-state index in [1.165, 1.54) is 38.5 Å². The quantitative estimate of drug-likeness (QED) is 0.403. The Balaban J connectivity index is 1.91. The van der Waals surface area contributed by atoms with Crippen molar-refractivity contribution >= 4 is 0 Å². The van der Waals surface area contributed by atoms with Crippen LogP contribution < -0.4 is 0 Å². The third-order valence-corrected chi connectivity index (χ3v) is 3.20. The molecule has 1 rings (SSSR count). The molecule has 0 aliphatic heterocycles. The number of allylic oxidation sites excluding steroid dienone is 2. The molecule has 0 heteroatoms. The van der Waals surface area contributed by atoms with Gasteiger partial charge in [-0.2, -0.15) is 0 Å². The molecule has 0 aromatic heterocycles. The number of hydrogen-bond acceptors (Lipinski definition) is 0. The van der Waals surface area contributed by atoms with Gasteiger partial charge in [0.15, 0.2) is 0 Å². The molecule has 1 saturated carbocycles. The average Bonchev–Trinajstić information content (AvgIpc) is 2.83. The highest BCUT2D eigenvalue weighted by atomic mass is 14.4. The van der Waals surface area contributed by atoms with E-state index < -0.39 is 0 Å². The third-order valence-electron chi connectivity index (χ3n) is 3.20. The minimum Gasteiger partial charge on any atom is -0.0883 e. The first-order valence-corrected chi connectivity index (χ1v) is 6.40. The van der Waals surface area contributed by atoms with Gasteiger partial charge in [-0.3, -0.25) is 0 Å². The molecule has 2 atom stereocenters. The number of hydrogen-bond donors (Lipinski definition) is 0. The van der Waals surface area contributed by atoms with Gasteiger partial charge in [-0.05, 0) is 43.4 Å². The first-order valence-electron chi connectivity index (χ1n) is 6.40. The summed E-state index contributed by atoms with van der Waals surface area (Å²) in [6, 6.07) is 0. The molecule has 2 unspecified atom stereocenters. The van der Waals surface area contributed by atoms with Crippen LogP contribution >= 0.6 is 0 Å². The molecule has 0 N–H and O–H groups in total. The second-order valence-electron chi connectivity index (χ2n) is 5.15. The lowest BCUT2D eigenvalue weighted by atomic mass is 10.1. The molecule has 82 valence electrons. The van der Waals surface area contributed by atoms with Gasteiger partial charge < -0.3 is 0 Å². The minimum absolute atomic E-state index is 0.726. The van der Waals surface area contributed by atoms with Crippen LogP contribution in [0.1, 0.15) is 59.3 Å². The SMILES string of the molecule is CCCC1CC1CCCC=CC(C)C. The maximum atomic E-state index is 2.36. The molecule has 0 aromatic carbocycles. The van der Waals surface area contributed by atoms with E-state index in [0.29, 0.717) is 0 Å². The Hall–Kier alpha value is -0.260. The Kier molecular flexibility index (Phi) is 5.29.